The van der Waals surface area contributed by atoms with E-state index >= 15 is 0 Å². The molecule has 0 aliphatic rings. The molecule has 24 heavy (non-hydrogen) atoms. The van der Waals surface area contributed by atoms with Gasteiger partial charge in [-0.2, -0.15) is 4.31 Å². The molecule has 0 fully saturated rings. The van der Waals surface area contributed by atoms with Crippen molar-refractivity contribution in [1.29, 1.82) is 0 Å². The second kappa shape index (κ2) is 7.65. The van der Waals surface area contributed by atoms with Crippen molar-refractivity contribution in [2.24, 2.45) is 0 Å². The van der Waals surface area contributed by atoms with Crippen molar-refractivity contribution < 1.29 is 22.7 Å². The number of thiophene rings is 1. The Morgan fingerprint density at radius 2 is 1.92 bits per heavy atom. The highest BCUT2D eigenvalue weighted by atomic mass is 32.2. The number of nitrogens with zero attached hydrogens (tertiary/aromatic N) is 1. The monoisotopic (exact) mass is 370 g/mol. The van der Waals surface area contributed by atoms with E-state index in [0.717, 1.165) is 15.6 Å². The van der Waals surface area contributed by atoms with Crippen molar-refractivity contribution in [3.63, 3.8) is 0 Å². The average Bonchev–Trinajstić information content (AvgIpc) is 3.09. The van der Waals surface area contributed by atoms with Crippen LogP contribution < -0.4 is 14.8 Å². The second-order valence-corrected chi connectivity index (χ2v) is 8.03. The van der Waals surface area contributed by atoms with Gasteiger partial charge < -0.3 is 14.8 Å². The molecule has 0 spiro atoms. The summed E-state index contributed by atoms with van der Waals surface area (Å²) in [6, 6.07) is 8.05. The lowest BCUT2D eigenvalue weighted by Gasteiger charge is -2.16. The number of carbonyl (C=O) groups excluding carboxylic acids is 1. The van der Waals surface area contributed by atoms with E-state index in [0.29, 0.717) is 17.2 Å². The van der Waals surface area contributed by atoms with Crippen molar-refractivity contribution in [3.8, 4) is 11.5 Å². The average molecular weight is 370 g/mol. The van der Waals surface area contributed by atoms with E-state index in [1.54, 1.807) is 29.6 Å². The molecule has 130 valence electrons. The third-order valence-electron chi connectivity index (χ3n) is 3.19. The molecule has 0 aliphatic heterocycles. The van der Waals surface area contributed by atoms with Gasteiger partial charge in [0, 0.05) is 18.8 Å². The molecule has 1 amide bonds. The minimum atomic E-state index is -3.66. The summed E-state index contributed by atoms with van der Waals surface area (Å²) in [6.45, 7) is -0.297. The van der Waals surface area contributed by atoms with E-state index < -0.39 is 15.9 Å². The van der Waals surface area contributed by atoms with Crippen LogP contribution in [0, 0.1) is 0 Å². The normalized spacial score (nSPS) is 11.3. The number of amides is 1. The summed E-state index contributed by atoms with van der Waals surface area (Å²) in [5.41, 5.74) is 0.486. The topological polar surface area (TPSA) is 84.9 Å². The van der Waals surface area contributed by atoms with E-state index in [-0.39, 0.29) is 10.8 Å². The number of hydrogen-bond donors (Lipinski definition) is 1. The largest absolute Gasteiger partial charge is 0.493 e. The fourth-order valence-electron chi connectivity index (χ4n) is 1.97. The zero-order valence-corrected chi connectivity index (χ0v) is 15.1. The maximum Gasteiger partial charge on any atom is 0.252 e. The molecule has 0 saturated carbocycles. The maximum atomic E-state index is 12.3. The number of carbonyl (C=O) groups is 1. The summed E-state index contributed by atoms with van der Waals surface area (Å²) in [6.07, 6.45) is 0. The molecule has 1 heterocycles. The SMILES string of the molecule is COc1ccc(NC(=O)CN(C)S(=O)(=O)c2cccs2)cc1OC. The number of ether oxygens (including phenoxy) is 2. The molecular weight excluding hydrogens is 352 g/mol. The van der Waals surface area contributed by atoms with Crippen LogP contribution in [0.2, 0.25) is 0 Å². The molecule has 0 bridgehead atoms. The molecule has 1 aromatic carbocycles. The molecular formula is C15H18N2O5S2. The zero-order chi connectivity index (χ0) is 17.7. The van der Waals surface area contributed by atoms with Crippen molar-refractivity contribution in [3.05, 3.63) is 35.7 Å². The van der Waals surface area contributed by atoms with E-state index in [2.05, 4.69) is 5.32 Å². The van der Waals surface area contributed by atoms with Gasteiger partial charge in [-0.15, -0.1) is 11.3 Å². The van der Waals surface area contributed by atoms with Gasteiger partial charge in [0.2, 0.25) is 5.91 Å². The third kappa shape index (κ3) is 4.05. The Labute approximate surface area is 144 Å². The van der Waals surface area contributed by atoms with Gasteiger partial charge in [0.15, 0.2) is 11.5 Å². The standard InChI is InChI=1S/C15H18N2O5S2/c1-17(24(19,20)15-5-4-8-23-15)10-14(18)16-11-6-7-12(21-2)13(9-11)22-3/h4-9H,10H2,1-3H3,(H,16,18). The van der Waals surface area contributed by atoms with Crippen molar-refractivity contribution >= 4 is 33.0 Å². The van der Waals surface area contributed by atoms with Crippen LogP contribution in [0.25, 0.3) is 0 Å². The molecule has 1 aromatic heterocycles. The quantitative estimate of drug-likeness (QED) is 0.806. The summed E-state index contributed by atoms with van der Waals surface area (Å²) < 4.78 is 36.1. The molecule has 0 unspecified atom stereocenters. The van der Waals surface area contributed by atoms with Gasteiger partial charge in [0.1, 0.15) is 4.21 Å². The number of sulfonamides is 1. The summed E-state index contributed by atoms with van der Waals surface area (Å²) in [5.74, 6) is 0.549. The lowest BCUT2D eigenvalue weighted by molar-refractivity contribution is -0.116. The van der Waals surface area contributed by atoms with Gasteiger partial charge in [-0.3, -0.25) is 4.79 Å². The van der Waals surface area contributed by atoms with E-state index in [9.17, 15) is 13.2 Å². The zero-order valence-electron chi connectivity index (χ0n) is 13.5. The van der Waals surface area contributed by atoms with Crippen LogP contribution in [-0.2, 0) is 14.8 Å². The highest BCUT2D eigenvalue weighted by molar-refractivity contribution is 7.91. The lowest BCUT2D eigenvalue weighted by Crippen LogP contribution is -2.34. The van der Waals surface area contributed by atoms with E-state index in [4.69, 9.17) is 9.47 Å². The van der Waals surface area contributed by atoms with Crippen LogP contribution in [0.5, 0.6) is 11.5 Å². The Balaban J connectivity index is 2.06. The van der Waals surface area contributed by atoms with E-state index in [1.807, 2.05) is 0 Å². The van der Waals surface area contributed by atoms with Crippen LogP contribution >= 0.6 is 11.3 Å². The highest BCUT2D eigenvalue weighted by Crippen LogP contribution is 2.29. The Bertz CT molecular complexity index is 803. The molecule has 9 heteroatoms. The van der Waals surface area contributed by atoms with Gasteiger partial charge in [0.25, 0.3) is 10.0 Å². The lowest BCUT2D eigenvalue weighted by atomic mass is 10.2. The van der Waals surface area contributed by atoms with Gasteiger partial charge in [-0.1, -0.05) is 6.07 Å². The van der Waals surface area contributed by atoms with Crippen molar-refractivity contribution in [2.75, 3.05) is 33.1 Å². The molecule has 7 nitrogen and oxygen atoms in total. The van der Waals surface area contributed by atoms with Crippen molar-refractivity contribution in [2.45, 2.75) is 4.21 Å². The van der Waals surface area contributed by atoms with Gasteiger partial charge in [-0.05, 0) is 23.6 Å². The number of rotatable bonds is 7. The second-order valence-electron chi connectivity index (χ2n) is 4.81. The molecule has 0 saturated heterocycles. The minimum absolute atomic E-state index is 0.198. The number of anilines is 1. The first kappa shape index (κ1) is 18.2. The van der Waals surface area contributed by atoms with E-state index in [1.165, 1.54) is 27.3 Å². The number of nitrogens with one attached hydrogen (secondary N) is 1. The first-order chi connectivity index (χ1) is 11.4. The summed E-state index contributed by atoms with van der Waals surface area (Å²) in [5, 5.41) is 4.31. The Kier molecular flexibility index (Phi) is 5.81. The molecule has 0 atom stereocenters. The first-order valence-corrected chi connectivity index (χ1v) is 9.22. The number of hydrogen-bond acceptors (Lipinski definition) is 6. The molecule has 2 aromatic rings. The smallest absolute Gasteiger partial charge is 0.252 e. The summed E-state index contributed by atoms with van der Waals surface area (Å²) >= 11 is 1.11. The van der Waals surface area contributed by atoms with Gasteiger partial charge >= 0.3 is 0 Å². The van der Waals surface area contributed by atoms with Crippen molar-refractivity contribution in [1.82, 2.24) is 4.31 Å². The molecule has 0 aliphatic carbocycles. The summed E-state index contributed by atoms with van der Waals surface area (Å²) in [7, 11) is 0.709. The van der Waals surface area contributed by atoms with Gasteiger partial charge in [-0.25, -0.2) is 8.42 Å². The Morgan fingerprint density at radius 3 is 2.50 bits per heavy atom. The van der Waals surface area contributed by atoms with Gasteiger partial charge in [0.05, 0.1) is 20.8 Å². The first-order valence-electron chi connectivity index (χ1n) is 6.90. The number of benzene rings is 1. The molecule has 2 rings (SSSR count). The summed E-state index contributed by atoms with van der Waals surface area (Å²) in [4.78, 5) is 12.1. The fourth-order valence-corrected chi connectivity index (χ4v) is 4.29. The predicted octanol–water partition coefficient (Wildman–Crippen LogP) is 2.02. The Morgan fingerprint density at radius 1 is 1.21 bits per heavy atom. The van der Waals surface area contributed by atoms with Crippen LogP contribution in [0.1, 0.15) is 0 Å². The maximum absolute atomic E-state index is 12.3. The van der Waals surface area contributed by atoms with Crippen LogP contribution in [0.15, 0.2) is 39.9 Å². The highest BCUT2D eigenvalue weighted by Gasteiger charge is 2.23. The van der Waals surface area contributed by atoms with Crippen LogP contribution in [-0.4, -0.2) is 46.4 Å². The molecule has 0 radical (unpaired) electrons. The number of methoxy groups -OCH3 is 2. The number of likely N-dealkylation sites (N-methyl/N-ethyl adjacent to an activating group) is 1. The fraction of sp³-hybridized carbons (Fsp3) is 0.267. The Hall–Kier alpha value is -2.10. The van der Waals surface area contributed by atoms with Crippen LogP contribution in [0.4, 0.5) is 5.69 Å². The third-order valence-corrected chi connectivity index (χ3v) is 6.37. The molecule has 1 N–H and O–H groups in total. The predicted molar refractivity (Wildman–Crippen MR) is 92.3 cm³/mol. The minimum Gasteiger partial charge on any atom is -0.493 e. The van der Waals surface area contributed by atoms with Crippen LogP contribution in [0.3, 0.4) is 0 Å².